The van der Waals surface area contributed by atoms with Crippen molar-refractivity contribution in [2.45, 2.75) is 46.6 Å². The second-order valence-electron chi connectivity index (χ2n) is 7.21. The number of amides is 2. The van der Waals surface area contributed by atoms with Crippen LogP contribution >= 0.6 is 0 Å². The molecule has 1 aliphatic heterocycles. The van der Waals surface area contributed by atoms with Crippen LogP contribution in [0.5, 0.6) is 0 Å². The van der Waals surface area contributed by atoms with E-state index in [1.54, 1.807) is 6.92 Å². The van der Waals surface area contributed by atoms with Crippen LogP contribution in [0, 0.1) is 20.8 Å². The van der Waals surface area contributed by atoms with E-state index in [4.69, 9.17) is 0 Å². The van der Waals surface area contributed by atoms with E-state index in [0.29, 0.717) is 13.1 Å². The lowest BCUT2D eigenvalue weighted by molar-refractivity contribution is -0.129. The Morgan fingerprint density at radius 2 is 1.65 bits per heavy atom. The summed E-state index contributed by atoms with van der Waals surface area (Å²) in [5, 5.41) is 3.15. The molecule has 26 heavy (non-hydrogen) atoms. The molecule has 0 saturated carbocycles. The lowest BCUT2D eigenvalue weighted by atomic mass is 10.0. The SMILES string of the molecule is CC(=O)N1CCC(NC(=O)c2cc(C)n(-c3ccc(C)cc3)c2C)CC1. The number of nitrogens with one attached hydrogen (secondary N) is 1. The van der Waals surface area contributed by atoms with Crippen molar-refractivity contribution in [1.29, 1.82) is 0 Å². The number of hydrogen-bond acceptors (Lipinski definition) is 2. The van der Waals surface area contributed by atoms with Gasteiger partial charge in [0.25, 0.3) is 5.91 Å². The molecule has 1 aromatic carbocycles. The minimum Gasteiger partial charge on any atom is -0.349 e. The van der Waals surface area contributed by atoms with Crippen LogP contribution in [-0.2, 0) is 4.79 Å². The highest BCUT2D eigenvalue weighted by molar-refractivity contribution is 5.96. The van der Waals surface area contributed by atoms with E-state index in [1.165, 1.54) is 5.56 Å². The fourth-order valence-electron chi connectivity index (χ4n) is 3.69. The number of carbonyl (C=O) groups excluding carboxylic acids is 2. The number of aryl methyl sites for hydroxylation is 2. The second-order valence-corrected chi connectivity index (χ2v) is 7.21. The van der Waals surface area contributed by atoms with E-state index in [1.807, 2.05) is 24.8 Å². The molecular weight excluding hydrogens is 326 g/mol. The Bertz CT molecular complexity index is 813. The number of nitrogens with zero attached hydrogens (tertiary/aromatic N) is 2. The molecule has 1 aliphatic rings. The number of piperidine rings is 1. The zero-order chi connectivity index (χ0) is 18.8. The third-order valence-corrected chi connectivity index (χ3v) is 5.24. The normalized spacial score (nSPS) is 15.2. The topological polar surface area (TPSA) is 54.3 Å². The van der Waals surface area contributed by atoms with Crippen molar-refractivity contribution in [2.24, 2.45) is 0 Å². The molecule has 1 N–H and O–H groups in total. The fourth-order valence-corrected chi connectivity index (χ4v) is 3.69. The summed E-state index contributed by atoms with van der Waals surface area (Å²) in [6.45, 7) is 9.09. The molecule has 0 bridgehead atoms. The first-order valence-electron chi connectivity index (χ1n) is 9.19. The van der Waals surface area contributed by atoms with Gasteiger partial charge in [-0.15, -0.1) is 0 Å². The third-order valence-electron chi connectivity index (χ3n) is 5.24. The molecule has 2 amide bonds. The van der Waals surface area contributed by atoms with Crippen LogP contribution in [0.3, 0.4) is 0 Å². The van der Waals surface area contributed by atoms with Crippen LogP contribution in [0.15, 0.2) is 30.3 Å². The highest BCUT2D eigenvalue weighted by Gasteiger charge is 2.24. The maximum Gasteiger partial charge on any atom is 0.253 e. The molecule has 1 fully saturated rings. The third kappa shape index (κ3) is 3.66. The molecule has 1 aromatic heterocycles. The Labute approximate surface area is 155 Å². The van der Waals surface area contributed by atoms with Gasteiger partial charge in [0.05, 0.1) is 5.56 Å². The van der Waals surface area contributed by atoms with Gasteiger partial charge in [-0.25, -0.2) is 0 Å². The van der Waals surface area contributed by atoms with Crippen molar-refractivity contribution in [3.05, 3.63) is 52.8 Å². The smallest absolute Gasteiger partial charge is 0.253 e. The van der Waals surface area contributed by atoms with Crippen molar-refractivity contribution in [2.75, 3.05) is 13.1 Å². The predicted molar refractivity (Wildman–Crippen MR) is 103 cm³/mol. The summed E-state index contributed by atoms with van der Waals surface area (Å²) in [5.74, 6) is 0.0779. The van der Waals surface area contributed by atoms with Crippen LogP contribution in [0.4, 0.5) is 0 Å². The van der Waals surface area contributed by atoms with E-state index in [0.717, 1.165) is 35.5 Å². The molecule has 2 heterocycles. The molecule has 138 valence electrons. The molecule has 0 atom stereocenters. The average molecular weight is 353 g/mol. The number of carbonyl (C=O) groups is 2. The van der Waals surface area contributed by atoms with Gasteiger partial charge in [0.15, 0.2) is 0 Å². The highest BCUT2D eigenvalue weighted by atomic mass is 16.2. The van der Waals surface area contributed by atoms with E-state index in [9.17, 15) is 9.59 Å². The minimum absolute atomic E-state index is 0.0299. The van der Waals surface area contributed by atoms with E-state index >= 15 is 0 Å². The Morgan fingerprint density at radius 3 is 2.23 bits per heavy atom. The van der Waals surface area contributed by atoms with E-state index in [-0.39, 0.29) is 17.9 Å². The molecule has 5 heteroatoms. The zero-order valence-corrected chi connectivity index (χ0v) is 16.0. The summed E-state index contributed by atoms with van der Waals surface area (Å²) in [7, 11) is 0. The molecule has 3 rings (SSSR count). The first kappa shape index (κ1) is 18.2. The van der Waals surface area contributed by atoms with Gasteiger partial charge in [-0.3, -0.25) is 9.59 Å². The van der Waals surface area contributed by atoms with Gasteiger partial charge in [0.2, 0.25) is 5.91 Å². The average Bonchev–Trinajstić information content (AvgIpc) is 2.91. The summed E-state index contributed by atoms with van der Waals surface area (Å²) >= 11 is 0. The van der Waals surface area contributed by atoms with Crippen molar-refractivity contribution in [1.82, 2.24) is 14.8 Å². The highest BCUT2D eigenvalue weighted by Crippen LogP contribution is 2.22. The van der Waals surface area contributed by atoms with E-state index < -0.39 is 0 Å². The lowest BCUT2D eigenvalue weighted by Crippen LogP contribution is -2.46. The van der Waals surface area contributed by atoms with Crippen LogP contribution in [0.1, 0.15) is 47.1 Å². The van der Waals surface area contributed by atoms with Gasteiger partial charge in [-0.2, -0.15) is 0 Å². The maximum atomic E-state index is 12.8. The Hall–Kier alpha value is -2.56. The van der Waals surface area contributed by atoms with Gasteiger partial charge < -0.3 is 14.8 Å². The number of hydrogen-bond donors (Lipinski definition) is 1. The second kappa shape index (κ2) is 7.36. The lowest BCUT2D eigenvalue weighted by Gasteiger charge is -2.31. The van der Waals surface area contributed by atoms with Gasteiger partial charge in [-0.05, 0) is 51.8 Å². The predicted octanol–water partition coefficient (Wildman–Crippen LogP) is 3.14. The molecule has 0 spiro atoms. The zero-order valence-electron chi connectivity index (χ0n) is 16.0. The van der Waals surface area contributed by atoms with Crippen LogP contribution in [0.25, 0.3) is 5.69 Å². The number of likely N-dealkylation sites (tertiary alicyclic amines) is 1. The van der Waals surface area contributed by atoms with Crippen molar-refractivity contribution < 1.29 is 9.59 Å². The molecular formula is C21H27N3O2. The van der Waals surface area contributed by atoms with Gasteiger partial charge in [-0.1, -0.05) is 17.7 Å². The fraction of sp³-hybridized carbons (Fsp3) is 0.429. The Morgan fingerprint density at radius 1 is 1.04 bits per heavy atom. The summed E-state index contributed by atoms with van der Waals surface area (Å²) < 4.78 is 2.12. The summed E-state index contributed by atoms with van der Waals surface area (Å²) in [5.41, 5.74) is 5.00. The molecule has 2 aromatic rings. The van der Waals surface area contributed by atoms with Crippen molar-refractivity contribution in [3.8, 4) is 5.69 Å². The first-order valence-corrected chi connectivity index (χ1v) is 9.19. The number of rotatable bonds is 3. The van der Waals surface area contributed by atoms with Gasteiger partial charge >= 0.3 is 0 Å². The number of aromatic nitrogens is 1. The molecule has 0 aliphatic carbocycles. The quantitative estimate of drug-likeness (QED) is 0.922. The Balaban J connectivity index is 1.74. The Kier molecular flexibility index (Phi) is 5.16. The minimum atomic E-state index is -0.0299. The van der Waals surface area contributed by atoms with E-state index in [2.05, 4.69) is 41.1 Å². The van der Waals surface area contributed by atoms with Crippen LogP contribution < -0.4 is 5.32 Å². The largest absolute Gasteiger partial charge is 0.349 e. The van der Waals surface area contributed by atoms with Gasteiger partial charge in [0, 0.05) is 43.1 Å². The summed E-state index contributed by atoms with van der Waals surface area (Å²) in [6, 6.07) is 10.4. The van der Waals surface area contributed by atoms with Crippen LogP contribution in [0.2, 0.25) is 0 Å². The summed E-state index contributed by atoms with van der Waals surface area (Å²) in [6.07, 6.45) is 1.62. The van der Waals surface area contributed by atoms with Crippen molar-refractivity contribution >= 4 is 11.8 Å². The van der Waals surface area contributed by atoms with Crippen molar-refractivity contribution in [3.63, 3.8) is 0 Å². The molecule has 5 nitrogen and oxygen atoms in total. The van der Waals surface area contributed by atoms with Gasteiger partial charge in [0.1, 0.15) is 0 Å². The summed E-state index contributed by atoms with van der Waals surface area (Å²) in [4.78, 5) is 26.1. The van der Waals surface area contributed by atoms with Crippen LogP contribution in [-0.4, -0.2) is 40.4 Å². The monoisotopic (exact) mass is 353 g/mol. The maximum absolute atomic E-state index is 12.8. The first-order chi connectivity index (χ1) is 12.4. The molecule has 0 unspecified atom stereocenters. The molecule has 0 radical (unpaired) electrons. The standard InChI is InChI=1S/C21H27N3O2/c1-14-5-7-19(8-6-14)24-15(2)13-20(16(24)3)21(26)22-18-9-11-23(12-10-18)17(4)25/h5-8,13,18H,9-12H2,1-4H3,(H,22,26). The molecule has 1 saturated heterocycles. The number of benzene rings is 1.